The molecular weight excluding hydrogens is 380 g/mol. The molecule has 2 aromatic rings. The smallest absolute Gasteiger partial charge is 0.265 e. The lowest BCUT2D eigenvalue weighted by Gasteiger charge is -2.28. The van der Waals surface area contributed by atoms with Crippen LogP contribution in [-0.2, 0) is 35.8 Å². The summed E-state index contributed by atoms with van der Waals surface area (Å²) in [6, 6.07) is 7.70. The topological polar surface area (TPSA) is 66.5 Å². The number of rotatable bonds is 6. The highest BCUT2D eigenvalue weighted by Gasteiger charge is 2.25. The summed E-state index contributed by atoms with van der Waals surface area (Å²) < 4.78 is 25.1. The summed E-state index contributed by atoms with van der Waals surface area (Å²) in [7, 11) is -3.21. The Morgan fingerprint density at radius 3 is 2.74 bits per heavy atom. The molecule has 1 aliphatic rings. The molecule has 0 aliphatic carbocycles. The minimum absolute atomic E-state index is 0.0870. The van der Waals surface area contributed by atoms with Gasteiger partial charge < -0.3 is 5.32 Å². The summed E-state index contributed by atoms with van der Waals surface area (Å²) in [5.41, 5.74) is 4.03. The van der Waals surface area contributed by atoms with E-state index in [2.05, 4.69) is 19.2 Å². The zero-order valence-corrected chi connectivity index (χ0v) is 17.7. The van der Waals surface area contributed by atoms with Gasteiger partial charge in [0.05, 0.1) is 11.1 Å². The van der Waals surface area contributed by atoms with E-state index < -0.39 is 10.0 Å². The summed E-state index contributed by atoms with van der Waals surface area (Å²) in [5, 5.41) is 3.05. The maximum absolute atomic E-state index is 12.8. The van der Waals surface area contributed by atoms with Crippen molar-refractivity contribution in [2.75, 3.05) is 18.1 Å². The van der Waals surface area contributed by atoms with E-state index in [1.54, 1.807) is 11.3 Å². The Hall–Kier alpha value is -1.70. The van der Waals surface area contributed by atoms with Crippen LogP contribution in [0.4, 0.5) is 5.69 Å². The molecule has 7 heteroatoms. The normalized spacial score (nSPS) is 14.8. The monoisotopic (exact) mass is 406 g/mol. The highest BCUT2D eigenvalue weighted by Crippen LogP contribution is 2.29. The van der Waals surface area contributed by atoms with Crippen LogP contribution < -0.4 is 5.32 Å². The van der Waals surface area contributed by atoms with E-state index in [0.29, 0.717) is 19.5 Å². The molecule has 1 aromatic heterocycles. The number of fused-ring (bicyclic) bond motifs is 1. The second-order valence-electron chi connectivity index (χ2n) is 6.91. The Kier molecular flexibility index (Phi) is 6.03. The van der Waals surface area contributed by atoms with E-state index >= 15 is 0 Å². The first-order valence-electron chi connectivity index (χ1n) is 9.32. The Bertz CT molecular complexity index is 948. The van der Waals surface area contributed by atoms with Crippen LogP contribution in [0.25, 0.3) is 0 Å². The van der Waals surface area contributed by atoms with Crippen LogP contribution >= 0.6 is 11.3 Å². The van der Waals surface area contributed by atoms with E-state index in [1.165, 1.54) is 21.0 Å². The molecule has 0 atom stereocenters. The number of nitrogens with one attached hydrogen (secondary N) is 1. The number of benzene rings is 1. The third-order valence-electron chi connectivity index (χ3n) is 4.93. The fraction of sp³-hybridized carbons (Fsp3) is 0.450. The fourth-order valence-electron chi connectivity index (χ4n) is 3.48. The predicted octanol–water partition coefficient (Wildman–Crippen LogP) is 3.83. The molecular formula is C20H26N2O3S2. The Balaban J connectivity index is 1.82. The quantitative estimate of drug-likeness (QED) is 0.793. The second-order valence-corrected chi connectivity index (χ2v) is 10.0. The number of sulfonamides is 1. The predicted molar refractivity (Wildman–Crippen MR) is 111 cm³/mol. The third kappa shape index (κ3) is 4.42. The first-order valence-corrected chi connectivity index (χ1v) is 12.0. The molecule has 5 nitrogen and oxygen atoms in total. The average Bonchev–Trinajstić information content (AvgIpc) is 3.04. The minimum Gasteiger partial charge on any atom is -0.321 e. The van der Waals surface area contributed by atoms with Gasteiger partial charge in [-0.25, -0.2) is 8.42 Å². The van der Waals surface area contributed by atoms with Crippen LogP contribution in [0.15, 0.2) is 24.3 Å². The van der Waals surface area contributed by atoms with Crippen LogP contribution in [0.1, 0.15) is 51.5 Å². The third-order valence-corrected chi connectivity index (χ3v) is 7.41. The summed E-state index contributed by atoms with van der Waals surface area (Å²) in [6.45, 7) is 5.06. The van der Waals surface area contributed by atoms with Crippen molar-refractivity contribution in [3.63, 3.8) is 0 Å². The van der Waals surface area contributed by atoms with E-state index in [-0.39, 0.29) is 5.91 Å². The number of carbonyl (C=O) groups excluding carboxylic acids is 1. The van der Waals surface area contributed by atoms with Crippen LogP contribution in [-0.4, -0.2) is 31.4 Å². The van der Waals surface area contributed by atoms with Crippen LogP contribution in [0.2, 0.25) is 0 Å². The molecule has 1 aliphatic heterocycles. The van der Waals surface area contributed by atoms with Crippen molar-refractivity contribution in [2.24, 2.45) is 0 Å². The maximum Gasteiger partial charge on any atom is 0.265 e. The first-order chi connectivity index (χ1) is 12.8. The molecule has 0 radical (unpaired) electrons. The highest BCUT2D eigenvalue weighted by atomic mass is 32.2. The number of nitrogens with zero attached hydrogens (tertiary/aromatic N) is 1. The van der Waals surface area contributed by atoms with Crippen LogP contribution in [0, 0.1) is 0 Å². The zero-order chi connectivity index (χ0) is 19.6. The molecule has 0 saturated carbocycles. The molecule has 146 valence electrons. The molecule has 0 bridgehead atoms. The van der Waals surface area contributed by atoms with Gasteiger partial charge in [0.25, 0.3) is 5.91 Å². The SMILES string of the molecule is CCCc1sc(C(=O)Nc2cccc3c2CCN(S(C)(=O)=O)C3)cc1CC. The largest absolute Gasteiger partial charge is 0.321 e. The van der Waals surface area contributed by atoms with Crippen molar-refractivity contribution >= 4 is 33.0 Å². The summed E-state index contributed by atoms with van der Waals surface area (Å²) in [6.07, 6.45) is 4.84. The Morgan fingerprint density at radius 1 is 1.30 bits per heavy atom. The molecule has 0 saturated heterocycles. The van der Waals surface area contributed by atoms with E-state index in [1.807, 2.05) is 24.3 Å². The van der Waals surface area contributed by atoms with Gasteiger partial charge >= 0.3 is 0 Å². The van der Waals surface area contributed by atoms with Gasteiger partial charge in [-0.15, -0.1) is 11.3 Å². The molecule has 0 spiro atoms. The molecule has 3 rings (SSSR count). The Morgan fingerprint density at radius 2 is 2.07 bits per heavy atom. The van der Waals surface area contributed by atoms with Crippen LogP contribution in [0.3, 0.4) is 0 Å². The van der Waals surface area contributed by atoms with Gasteiger partial charge in [-0.3, -0.25) is 4.79 Å². The van der Waals surface area contributed by atoms with Gasteiger partial charge in [0.15, 0.2) is 0 Å². The van der Waals surface area contributed by atoms with Crippen molar-refractivity contribution in [1.82, 2.24) is 4.31 Å². The lowest BCUT2D eigenvalue weighted by molar-refractivity contribution is 0.103. The number of anilines is 1. The van der Waals surface area contributed by atoms with Gasteiger partial charge in [0.1, 0.15) is 0 Å². The fourth-order valence-corrected chi connectivity index (χ4v) is 5.53. The number of hydrogen-bond acceptors (Lipinski definition) is 4. The van der Waals surface area contributed by atoms with Gasteiger partial charge in [0.2, 0.25) is 10.0 Å². The number of hydrogen-bond donors (Lipinski definition) is 1. The number of amides is 1. The van der Waals surface area contributed by atoms with Gasteiger partial charge in [-0.2, -0.15) is 4.31 Å². The number of carbonyl (C=O) groups is 1. The van der Waals surface area contributed by atoms with E-state index in [0.717, 1.165) is 41.0 Å². The highest BCUT2D eigenvalue weighted by molar-refractivity contribution is 7.88. The maximum atomic E-state index is 12.8. The van der Waals surface area contributed by atoms with Gasteiger partial charge in [-0.1, -0.05) is 32.4 Å². The first kappa shape index (κ1) is 20.0. The zero-order valence-electron chi connectivity index (χ0n) is 16.0. The lowest BCUT2D eigenvalue weighted by Crippen LogP contribution is -2.35. The number of thiophene rings is 1. The second kappa shape index (κ2) is 8.12. The van der Waals surface area contributed by atoms with Gasteiger partial charge in [-0.05, 0) is 48.1 Å². The van der Waals surface area contributed by atoms with Crippen molar-refractivity contribution in [1.29, 1.82) is 0 Å². The van der Waals surface area contributed by atoms with Crippen molar-refractivity contribution < 1.29 is 13.2 Å². The van der Waals surface area contributed by atoms with Crippen molar-refractivity contribution in [3.8, 4) is 0 Å². The minimum atomic E-state index is -3.21. The molecule has 1 N–H and O–H groups in total. The molecule has 2 heterocycles. The van der Waals surface area contributed by atoms with Crippen molar-refractivity contribution in [3.05, 3.63) is 50.7 Å². The molecule has 27 heavy (non-hydrogen) atoms. The molecule has 1 aromatic carbocycles. The molecule has 0 fully saturated rings. The summed E-state index contributed by atoms with van der Waals surface area (Å²) in [4.78, 5) is 14.8. The summed E-state index contributed by atoms with van der Waals surface area (Å²) >= 11 is 1.58. The molecule has 1 amide bonds. The van der Waals surface area contributed by atoms with E-state index in [9.17, 15) is 13.2 Å². The average molecular weight is 407 g/mol. The lowest BCUT2D eigenvalue weighted by atomic mass is 9.99. The summed E-state index contributed by atoms with van der Waals surface area (Å²) in [5.74, 6) is -0.0870. The Labute approximate surface area is 165 Å². The molecule has 0 unspecified atom stereocenters. The van der Waals surface area contributed by atoms with E-state index in [4.69, 9.17) is 0 Å². The standard InChI is InChI=1S/C20H26N2O3S2/c1-4-7-18-14(5-2)12-19(26-18)20(23)21-17-9-6-8-15-13-22(27(3,24)25)11-10-16(15)17/h6,8-9,12H,4-5,7,10-11,13H2,1-3H3,(H,21,23). The van der Waals surface area contributed by atoms with Crippen LogP contribution in [0.5, 0.6) is 0 Å². The number of aryl methyl sites for hydroxylation is 2. The van der Waals surface area contributed by atoms with Crippen molar-refractivity contribution in [2.45, 2.75) is 46.1 Å². The van der Waals surface area contributed by atoms with Gasteiger partial charge in [0, 0.05) is 23.7 Å².